The standard InChI is InChI=1S/C13H16N4O2S/c1-9-3-4-10(2)13(12(9)14)20(18,19)17-7-11-5-6-15-8-16-11/h3-6,8,17H,7,14H2,1-2H3. The molecule has 0 fully saturated rings. The highest BCUT2D eigenvalue weighted by atomic mass is 32.2. The zero-order chi connectivity index (χ0) is 14.8. The molecule has 0 saturated carbocycles. The molecule has 0 spiro atoms. The van der Waals surface area contributed by atoms with Crippen LogP contribution in [0.25, 0.3) is 0 Å². The Kier molecular flexibility index (Phi) is 4.01. The van der Waals surface area contributed by atoms with Gasteiger partial charge >= 0.3 is 0 Å². The van der Waals surface area contributed by atoms with Gasteiger partial charge in [0.1, 0.15) is 11.2 Å². The molecule has 0 bridgehead atoms. The molecule has 2 rings (SSSR count). The van der Waals surface area contributed by atoms with Crippen LogP contribution in [0.5, 0.6) is 0 Å². The van der Waals surface area contributed by atoms with Gasteiger partial charge in [-0.15, -0.1) is 0 Å². The summed E-state index contributed by atoms with van der Waals surface area (Å²) in [6.45, 7) is 3.59. The Morgan fingerprint density at radius 3 is 2.55 bits per heavy atom. The van der Waals surface area contributed by atoms with Crippen LogP contribution < -0.4 is 10.5 Å². The van der Waals surface area contributed by atoms with E-state index in [0.717, 1.165) is 5.56 Å². The molecule has 0 amide bonds. The van der Waals surface area contributed by atoms with Crippen LogP contribution in [0.4, 0.5) is 5.69 Å². The smallest absolute Gasteiger partial charge is 0.243 e. The quantitative estimate of drug-likeness (QED) is 0.824. The second-order valence-electron chi connectivity index (χ2n) is 4.47. The zero-order valence-electron chi connectivity index (χ0n) is 11.3. The average Bonchev–Trinajstić information content (AvgIpc) is 2.42. The molecule has 0 aliphatic heterocycles. The highest BCUT2D eigenvalue weighted by Crippen LogP contribution is 2.25. The molecule has 0 atom stereocenters. The van der Waals surface area contributed by atoms with Crippen LogP contribution in [0, 0.1) is 13.8 Å². The van der Waals surface area contributed by atoms with Crippen molar-refractivity contribution in [1.29, 1.82) is 0 Å². The number of hydrogen-bond acceptors (Lipinski definition) is 5. The molecule has 0 aliphatic carbocycles. The van der Waals surface area contributed by atoms with Gasteiger partial charge in [-0.25, -0.2) is 23.1 Å². The molecule has 1 heterocycles. The van der Waals surface area contributed by atoms with Gasteiger partial charge in [-0.2, -0.15) is 0 Å². The van der Waals surface area contributed by atoms with Crippen LogP contribution in [-0.4, -0.2) is 18.4 Å². The summed E-state index contributed by atoms with van der Waals surface area (Å²) in [5.41, 5.74) is 8.11. The summed E-state index contributed by atoms with van der Waals surface area (Å²) in [5, 5.41) is 0. The Morgan fingerprint density at radius 1 is 1.20 bits per heavy atom. The number of hydrogen-bond donors (Lipinski definition) is 2. The van der Waals surface area contributed by atoms with E-state index in [2.05, 4.69) is 14.7 Å². The van der Waals surface area contributed by atoms with Crippen molar-refractivity contribution in [3.8, 4) is 0 Å². The maximum absolute atomic E-state index is 12.4. The van der Waals surface area contributed by atoms with E-state index in [1.165, 1.54) is 6.33 Å². The van der Waals surface area contributed by atoms with E-state index in [-0.39, 0.29) is 17.1 Å². The first-order valence-corrected chi connectivity index (χ1v) is 7.50. The van der Waals surface area contributed by atoms with E-state index >= 15 is 0 Å². The summed E-state index contributed by atoms with van der Waals surface area (Å²) in [6, 6.07) is 5.19. The Balaban J connectivity index is 2.30. The van der Waals surface area contributed by atoms with E-state index < -0.39 is 10.0 Å². The number of aromatic nitrogens is 2. The number of nitrogens with zero attached hydrogens (tertiary/aromatic N) is 2. The normalized spacial score (nSPS) is 11.5. The van der Waals surface area contributed by atoms with Gasteiger partial charge in [-0.1, -0.05) is 12.1 Å². The molecule has 0 radical (unpaired) electrons. The summed E-state index contributed by atoms with van der Waals surface area (Å²) < 4.78 is 27.2. The van der Waals surface area contributed by atoms with Crippen LogP contribution >= 0.6 is 0 Å². The van der Waals surface area contributed by atoms with Crippen LogP contribution in [0.3, 0.4) is 0 Å². The Morgan fingerprint density at radius 2 is 1.90 bits per heavy atom. The lowest BCUT2D eigenvalue weighted by molar-refractivity contribution is 0.580. The molecular formula is C13H16N4O2S. The third-order valence-corrected chi connectivity index (χ3v) is 4.57. The maximum Gasteiger partial charge on any atom is 0.243 e. The minimum Gasteiger partial charge on any atom is -0.397 e. The summed E-state index contributed by atoms with van der Waals surface area (Å²) in [6.07, 6.45) is 2.93. The second kappa shape index (κ2) is 5.56. The first-order chi connectivity index (χ1) is 9.42. The predicted octanol–water partition coefficient (Wildman–Crippen LogP) is 1.15. The lowest BCUT2D eigenvalue weighted by atomic mass is 10.1. The SMILES string of the molecule is Cc1ccc(C)c(S(=O)(=O)NCc2ccncn2)c1N. The molecule has 1 aromatic heterocycles. The van der Waals surface area contributed by atoms with Crippen molar-refractivity contribution < 1.29 is 8.42 Å². The van der Waals surface area contributed by atoms with Crippen LogP contribution in [0.1, 0.15) is 16.8 Å². The molecule has 6 nitrogen and oxygen atoms in total. The molecule has 2 aromatic rings. The van der Waals surface area contributed by atoms with Gasteiger partial charge in [0, 0.05) is 6.20 Å². The highest BCUT2D eigenvalue weighted by Gasteiger charge is 2.21. The van der Waals surface area contributed by atoms with Gasteiger partial charge < -0.3 is 5.73 Å². The molecule has 0 saturated heterocycles. The molecule has 20 heavy (non-hydrogen) atoms. The fraction of sp³-hybridized carbons (Fsp3) is 0.231. The third-order valence-electron chi connectivity index (χ3n) is 2.97. The van der Waals surface area contributed by atoms with Gasteiger partial charge in [0.05, 0.1) is 17.9 Å². The lowest BCUT2D eigenvalue weighted by Crippen LogP contribution is -2.25. The zero-order valence-corrected chi connectivity index (χ0v) is 12.1. The summed E-state index contributed by atoms with van der Waals surface area (Å²) in [4.78, 5) is 7.88. The Hall–Kier alpha value is -1.99. The fourth-order valence-electron chi connectivity index (χ4n) is 1.83. The van der Waals surface area contributed by atoms with Crippen molar-refractivity contribution >= 4 is 15.7 Å². The number of sulfonamides is 1. The average molecular weight is 292 g/mol. The first kappa shape index (κ1) is 14.4. The van der Waals surface area contributed by atoms with E-state index in [1.807, 2.05) is 0 Å². The van der Waals surface area contributed by atoms with Crippen molar-refractivity contribution in [2.75, 3.05) is 5.73 Å². The van der Waals surface area contributed by atoms with Gasteiger partial charge in [0.2, 0.25) is 10.0 Å². The highest BCUT2D eigenvalue weighted by molar-refractivity contribution is 7.89. The maximum atomic E-state index is 12.4. The molecular weight excluding hydrogens is 276 g/mol. The molecule has 1 aromatic carbocycles. The van der Waals surface area contributed by atoms with Crippen LogP contribution in [-0.2, 0) is 16.6 Å². The number of rotatable bonds is 4. The summed E-state index contributed by atoms with van der Waals surface area (Å²) >= 11 is 0. The minimum atomic E-state index is -3.68. The van der Waals surface area contributed by atoms with Crippen molar-refractivity contribution in [3.05, 3.63) is 47.5 Å². The minimum absolute atomic E-state index is 0.0949. The fourth-order valence-corrected chi connectivity index (χ4v) is 3.25. The van der Waals surface area contributed by atoms with Crippen molar-refractivity contribution in [3.63, 3.8) is 0 Å². The van der Waals surface area contributed by atoms with Crippen LogP contribution in [0.15, 0.2) is 35.6 Å². The van der Waals surface area contributed by atoms with E-state index in [9.17, 15) is 8.42 Å². The van der Waals surface area contributed by atoms with E-state index in [1.54, 1.807) is 38.2 Å². The van der Waals surface area contributed by atoms with Gasteiger partial charge in [0.25, 0.3) is 0 Å². The summed E-state index contributed by atoms with van der Waals surface area (Å²) in [7, 11) is -3.68. The molecule has 0 unspecified atom stereocenters. The summed E-state index contributed by atoms with van der Waals surface area (Å²) in [5.74, 6) is 0. The number of nitrogen functional groups attached to an aromatic ring is 1. The van der Waals surface area contributed by atoms with Gasteiger partial charge in [-0.3, -0.25) is 0 Å². The lowest BCUT2D eigenvalue weighted by Gasteiger charge is -2.13. The van der Waals surface area contributed by atoms with Crippen LogP contribution in [0.2, 0.25) is 0 Å². The van der Waals surface area contributed by atoms with E-state index in [4.69, 9.17) is 5.73 Å². The molecule has 7 heteroatoms. The Bertz CT molecular complexity index is 715. The monoisotopic (exact) mass is 292 g/mol. The number of nitrogens with one attached hydrogen (secondary N) is 1. The topological polar surface area (TPSA) is 98.0 Å². The first-order valence-electron chi connectivity index (χ1n) is 6.02. The van der Waals surface area contributed by atoms with Crippen molar-refractivity contribution in [1.82, 2.24) is 14.7 Å². The number of benzene rings is 1. The number of nitrogens with two attached hydrogens (primary N) is 1. The number of aryl methyl sites for hydroxylation is 2. The molecule has 106 valence electrons. The van der Waals surface area contributed by atoms with Crippen molar-refractivity contribution in [2.24, 2.45) is 0 Å². The number of anilines is 1. The van der Waals surface area contributed by atoms with E-state index in [0.29, 0.717) is 11.3 Å². The van der Waals surface area contributed by atoms with Gasteiger partial charge in [-0.05, 0) is 31.0 Å². The predicted molar refractivity (Wildman–Crippen MR) is 76.4 cm³/mol. The largest absolute Gasteiger partial charge is 0.397 e. The second-order valence-corrected chi connectivity index (χ2v) is 6.17. The van der Waals surface area contributed by atoms with Crippen molar-refractivity contribution in [2.45, 2.75) is 25.3 Å². The molecule has 3 N–H and O–H groups in total. The van der Waals surface area contributed by atoms with Gasteiger partial charge in [0.15, 0.2) is 0 Å². The molecule has 0 aliphatic rings. The Labute approximate surface area is 118 Å². The third kappa shape index (κ3) is 2.94.